The summed E-state index contributed by atoms with van der Waals surface area (Å²) < 4.78 is 33.3. The number of carbonyl (C=O) groups is 5. The molecule has 0 unspecified atom stereocenters. The molecule has 69 heavy (non-hydrogen) atoms. The second-order valence-corrected chi connectivity index (χ2v) is 17.4. The number of carboxylic acid groups (broad SMARTS) is 3. The molecule has 1 N–H and O–H groups in total. The van der Waals surface area contributed by atoms with Gasteiger partial charge in [-0.2, -0.15) is 0 Å². The number of carbonyl (C=O) groups excluding carboxylic acids is 5. The minimum absolute atomic E-state index is 0.0326. The van der Waals surface area contributed by atoms with E-state index in [4.69, 9.17) is 40.6 Å². The molecule has 1 saturated heterocycles. The Hall–Kier alpha value is -3.74. The molecule has 20 nitrogen and oxygen atoms in total. The summed E-state index contributed by atoms with van der Waals surface area (Å²) in [5, 5.41) is 37.6. The molecule has 0 spiro atoms. The first kappa shape index (κ1) is 61.4. The predicted molar refractivity (Wildman–Crippen MR) is 257 cm³/mol. The van der Waals surface area contributed by atoms with E-state index in [-0.39, 0.29) is 51.0 Å². The summed E-state index contributed by atoms with van der Waals surface area (Å²) in [5.74, 6) is -3.80. The minimum Gasteiger partial charge on any atom is -0.549 e. The summed E-state index contributed by atoms with van der Waals surface area (Å²) in [6, 6.07) is 7.88. The van der Waals surface area contributed by atoms with Gasteiger partial charge in [0.05, 0.1) is 82.3 Å². The highest BCUT2D eigenvalue weighted by atomic mass is 32.1. The number of carboxylic acids is 3. The third-order valence-electron chi connectivity index (χ3n) is 10.9. The Morgan fingerprint density at radius 1 is 0.551 bits per heavy atom. The van der Waals surface area contributed by atoms with Gasteiger partial charge in [0.25, 0.3) is 0 Å². The van der Waals surface area contributed by atoms with Crippen LogP contribution in [0.3, 0.4) is 0 Å². The Bertz CT molecular complexity index is 1550. The summed E-state index contributed by atoms with van der Waals surface area (Å²) in [7, 11) is 0. The number of nitrogens with zero attached hydrogens (tertiary/aromatic N) is 5. The Balaban J connectivity index is 1.54. The first-order valence-electron chi connectivity index (χ1n) is 24.5. The molecule has 1 aliphatic heterocycles. The van der Waals surface area contributed by atoms with Crippen molar-refractivity contribution in [3.8, 4) is 0 Å². The van der Waals surface area contributed by atoms with Crippen LogP contribution in [-0.4, -0.2) is 223 Å². The maximum Gasteiger partial charge on any atom is 0.219 e. The number of Topliss-reactive ketones (excluding diaryl/α,β-unsaturated/α-hetero) is 1. The molecule has 0 radical (unpaired) electrons. The number of hydrogen-bond donors (Lipinski definition) is 1. The zero-order valence-corrected chi connectivity index (χ0v) is 42.0. The summed E-state index contributed by atoms with van der Waals surface area (Å²) in [6.45, 7) is 12.9. The van der Waals surface area contributed by atoms with Gasteiger partial charge in [0.1, 0.15) is 0 Å². The van der Waals surface area contributed by atoms with E-state index in [0.29, 0.717) is 151 Å². The average Bonchev–Trinajstić information content (AvgIpc) is 3.29. The van der Waals surface area contributed by atoms with Gasteiger partial charge in [0.15, 0.2) is 5.78 Å². The molecule has 1 aliphatic rings. The molecule has 1 fully saturated rings. The van der Waals surface area contributed by atoms with E-state index in [0.717, 1.165) is 48.5 Å². The Morgan fingerprint density at radius 2 is 0.942 bits per heavy atom. The van der Waals surface area contributed by atoms with Crippen LogP contribution in [0.4, 0.5) is 5.69 Å². The van der Waals surface area contributed by atoms with Gasteiger partial charge >= 0.3 is 0 Å². The van der Waals surface area contributed by atoms with Crippen molar-refractivity contribution in [2.45, 2.75) is 71.8 Å². The first-order chi connectivity index (χ1) is 33.3. The average molecular weight is 996 g/mol. The molecule has 0 aromatic heterocycles. The van der Waals surface area contributed by atoms with Crippen molar-refractivity contribution in [3.63, 3.8) is 0 Å². The molecule has 394 valence electrons. The van der Waals surface area contributed by atoms with E-state index >= 15 is 0 Å². The smallest absolute Gasteiger partial charge is 0.219 e. The summed E-state index contributed by atoms with van der Waals surface area (Å²) in [5.41, 5.74) is 1.87. The Labute approximate surface area is 414 Å². The molecule has 1 amide bonds. The van der Waals surface area contributed by atoms with Crippen molar-refractivity contribution in [1.82, 2.24) is 24.5 Å². The molecule has 0 bridgehead atoms. The van der Waals surface area contributed by atoms with E-state index in [9.17, 15) is 39.3 Å². The van der Waals surface area contributed by atoms with Crippen LogP contribution < -0.4 is 20.6 Å². The standard InChI is InChI=1S/C48H82N6O14S/c1-3-24-63-28-32-67-35-31-66-27-8-15-54(41(2)55)37-44(56)9-4-6-25-64-29-33-68-34-30-65-26-7-5-10-45(69)49-43-13-11-42(12-14-43)36-50-16-18-51(38-46(57)58)20-22-53(40-48(61)62)23-21-52(19-17-50)39-47(59)60/h11-14H,3-10,15-40H2,1-2H3,(H,49,69)(H,57,58)(H,59,60)(H,61,62)/p-3. The third kappa shape index (κ3) is 34.3. The normalized spacial score (nSPS) is 14.8. The molecular formula is C48H79N6O14S-3. The number of aliphatic carboxylic acids is 3. The molecule has 0 atom stereocenters. The number of rotatable bonds is 39. The molecular weight excluding hydrogens is 917 g/mol. The number of thiocarbonyl (C=S) groups is 1. The number of amides is 1. The molecule has 0 saturated carbocycles. The van der Waals surface area contributed by atoms with Gasteiger partial charge in [-0.05, 0) is 62.6 Å². The van der Waals surface area contributed by atoms with Gasteiger partial charge in [-0.25, -0.2) is 0 Å². The van der Waals surface area contributed by atoms with Crippen LogP contribution in [0.2, 0.25) is 0 Å². The molecule has 21 heteroatoms. The second-order valence-electron chi connectivity index (χ2n) is 16.9. The SMILES string of the molecule is CCCOCCOCCOCCCN(CC(=O)CCCCOCCOCCOCCCCC(=S)Nc1ccc(CN2CCN(CC(=O)[O-])CCN(CC(=O)[O-])CCN(CC(=O)[O-])CC2)cc1)C(C)=O. The maximum absolute atomic E-state index is 12.5. The van der Waals surface area contributed by atoms with Gasteiger partial charge in [-0.3, -0.25) is 29.2 Å². The molecule has 1 heterocycles. The molecule has 0 aliphatic carbocycles. The summed E-state index contributed by atoms with van der Waals surface area (Å²) >= 11 is 5.58. The lowest BCUT2D eigenvalue weighted by molar-refractivity contribution is -0.308. The maximum atomic E-state index is 12.5. The van der Waals surface area contributed by atoms with Gasteiger partial charge in [0.2, 0.25) is 5.91 Å². The monoisotopic (exact) mass is 996 g/mol. The van der Waals surface area contributed by atoms with Crippen molar-refractivity contribution < 1.29 is 67.7 Å². The van der Waals surface area contributed by atoms with Crippen LogP contribution in [0.1, 0.15) is 70.8 Å². The van der Waals surface area contributed by atoms with Crippen molar-refractivity contribution in [3.05, 3.63) is 29.8 Å². The van der Waals surface area contributed by atoms with Crippen LogP contribution in [0.25, 0.3) is 0 Å². The van der Waals surface area contributed by atoms with Gasteiger partial charge in [-0.15, -0.1) is 0 Å². The number of unbranched alkanes of at least 4 members (excludes halogenated alkanes) is 2. The lowest BCUT2D eigenvalue weighted by atomic mass is 10.1. The van der Waals surface area contributed by atoms with Crippen LogP contribution in [-0.2, 0) is 58.9 Å². The van der Waals surface area contributed by atoms with Crippen LogP contribution in [0.15, 0.2) is 24.3 Å². The molecule has 1 aromatic carbocycles. The number of benzene rings is 1. The highest BCUT2D eigenvalue weighted by Crippen LogP contribution is 2.14. The zero-order valence-electron chi connectivity index (χ0n) is 41.2. The van der Waals surface area contributed by atoms with Crippen molar-refractivity contribution >= 4 is 52.5 Å². The van der Waals surface area contributed by atoms with Crippen molar-refractivity contribution in [2.75, 3.05) is 170 Å². The zero-order chi connectivity index (χ0) is 50.3. The number of ether oxygens (including phenoxy) is 6. The quantitative estimate of drug-likeness (QED) is 0.0619. The number of anilines is 1. The highest BCUT2D eigenvalue weighted by molar-refractivity contribution is 7.80. The fourth-order valence-corrected chi connectivity index (χ4v) is 7.44. The predicted octanol–water partition coefficient (Wildman–Crippen LogP) is -0.945. The Morgan fingerprint density at radius 3 is 1.36 bits per heavy atom. The van der Waals surface area contributed by atoms with Crippen LogP contribution in [0, 0.1) is 0 Å². The first-order valence-corrected chi connectivity index (χ1v) is 24.9. The van der Waals surface area contributed by atoms with E-state index in [1.54, 1.807) is 19.6 Å². The van der Waals surface area contributed by atoms with Crippen molar-refractivity contribution in [1.29, 1.82) is 0 Å². The number of nitrogens with one attached hydrogen (secondary N) is 1. The van der Waals surface area contributed by atoms with Crippen LogP contribution >= 0.6 is 12.2 Å². The third-order valence-corrected chi connectivity index (χ3v) is 11.2. The topological polar surface area (TPSA) is 238 Å². The van der Waals surface area contributed by atoms with E-state index in [1.165, 1.54) is 6.92 Å². The highest BCUT2D eigenvalue weighted by Gasteiger charge is 2.18. The van der Waals surface area contributed by atoms with Crippen LogP contribution in [0.5, 0.6) is 0 Å². The van der Waals surface area contributed by atoms with E-state index in [2.05, 4.69) is 17.1 Å². The van der Waals surface area contributed by atoms with E-state index < -0.39 is 17.9 Å². The largest absolute Gasteiger partial charge is 0.549 e. The fourth-order valence-electron chi connectivity index (χ4n) is 7.18. The summed E-state index contributed by atoms with van der Waals surface area (Å²) in [6.07, 6.45) is 5.87. The van der Waals surface area contributed by atoms with E-state index in [1.807, 2.05) is 24.3 Å². The fraction of sp³-hybridized carbons (Fsp3) is 0.750. The molecule has 2 rings (SSSR count). The van der Waals surface area contributed by atoms with Crippen molar-refractivity contribution in [2.24, 2.45) is 0 Å². The lowest BCUT2D eigenvalue weighted by Gasteiger charge is -2.34. The molecule has 1 aromatic rings. The second kappa shape index (κ2) is 39.9. The van der Waals surface area contributed by atoms with Gasteiger partial charge < -0.3 is 68.3 Å². The number of hydrogen-bond acceptors (Lipinski definition) is 19. The lowest BCUT2D eigenvalue weighted by Crippen LogP contribution is -2.51. The Kier molecular flexibility index (Phi) is 35.5. The minimum atomic E-state index is -1.26. The van der Waals surface area contributed by atoms with Gasteiger partial charge in [-0.1, -0.05) is 31.3 Å². The summed E-state index contributed by atoms with van der Waals surface area (Å²) in [4.78, 5) is 68.3. The number of ketones is 1. The van der Waals surface area contributed by atoms with Gasteiger partial charge in [0, 0.05) is 131 Å².